The third-order valence-electron chi connectivity index (χ3n) is 2.35. The highest BCUT2D eigenvalue weighted by atomic mass is 79.9. The molecule has 0 aliphatic carbocycles. The first-order valence-electron chi connectivity index (χ1n) is 5.23. The van der Waals surface area contributed by atoms with E-state index in [-0.39, 0.29) is 5.82 Å². The highest BCUT2D eigenvalue weighted by Crippen LogP contribution is 2.23. The van der Waals surface area contributed by atoms with Gasteiger partial charge in [-0.1, -0.05) is 0 Å². The second-order valence-electron chi connectivity index (χ2n) is 3.64. The smallest absolute Gasteiger partial charge is 0.140 e. The molecule has 0 saturated heterocycles. The standard InChI is InChI=1S/C13H9BrFN3/c14-12-2-1-10(15)6-13(12)18-8-9-3-4-17-11(5-9)7-16/h1-6,18H,8H2. The predicted octanol–water partition coefficient (Wildman–Crippen LogP) is 3.47. The van der Waals surface area contributed by atoms with Crippen molar-refractivity contribution in [3.63, 3.8) is 0 Å². The number of aromatic nitrogens is 1. The monoisotopic (exact) mass is 305 g/mol. The van der Waals surface area contributed by atoms with E-state index < -0.39 is 0 Å². The minimum Gasteiger partial charge on any atom is -0.380 e. The molecule has 2 rings (SSSR count). The van der Waals surface area contributed by atoms with Gasteiger partial charge in [-0.25, -0.2) is 9.37 Å². The summed E-state index contributed by atoms with van der Waals surface area (Å²) in [7, 11) is 0. The second-order valence-corrected chi connectivity index (χ2v) is 4.49. The van der Waals surface area contributed by atoms with Crippen LogP contribution < -0.4 is 5.32 Å². The van der Waals surface area contributed by atoms with Crippen LogP contribution in [0.15, 0.2) is 41.0 Å². The van der Waals surface area contributed by atoms with Gasteiger partial charge in [-0.05, 0) is 51.8 Å². The lowest BCUT2D eigenvalue weighted by Crippen LogP contribution is -2.01. The van der Waals surface area contributed by atoms with Crippen molar-refractivity contribution < 1.29 is 4.39 Å². The van der Waals surface area contributed by atoms with Crippen LogP contribution in [-0.4, -0.2) is 4.98 Å². The van der Waals surface area contributed by atoms with Gasteiger partial charge < -0.3 is 5.32 Å². The van der Waals surface area contributed by atoms with Crippen molar-refractivity contribution in [3.05, 3.63) is 58.1 Å². The summed E-state index contributed by atoms with van der Waals surface area (Å²) in [6, 6.07) is 9.92. The van der Waals surface area contributed by atoms with Crippen LogP contribution in [0.25, 0.3) is 0 Å². The van der Waals surface area contributed by atoms with E-state index in [0.717, 1.165) is 10.0 Å². The maximum atomic E-state index is 13.1. The first kappa shape index (κ1) is 12.5. The van der Waals surface area contributed by atoms with E-state index in [2.05, 4.69) is 26.2 Å². The summed E-state index contributed by atoms with van der Waals surface area (Å²) in [6.07, 6.45) is 1.58. The van der Waals surface area contributed by atoms with Crippen LogP contribution in [0.2, 0.25) is 0 Å². The molecule has 0 unspecified atom stereocenters. The van der Waals surface area contributed by atoms with E-state index >= 15 is 0 Å². The molecule has 0 radical (unpaired) electrons. The molecule has 2 aromatic rings. The Labute approximate surface area is 112 Å². The summed E-state index contributed by atoms with van der Waals surface area (Å²) in [6.45, 7) is 0.499. The molecule has 0 atom stereocenters. The van der Waals surface area contributed by atoms with Gasteiger partial charge in [0.25, 0.3) is 0 Å². The van der Waals surface area contributed by atoms with Gasteiger partial charge in [0.1, 0.15) is 17.6 Å². The van der Waals surface area contributed by atoms with Crippen LogP contribution in [0.3, 0.4) is 0 Å². The Hall–Kier alpha value is -1.93. The van der Waals surface area contributed by atoms with Crippen molar-refractivity contribution in [2.24, 2.45) is 0 Å². The van der Waals surface area contributed by atoms with E-state index in [4.69, 9.17) is 5.26 Å². The summed E-state index contributed by atoms with van der Waals surface area (Å²) in [5, 5.41) is 11.8. The zero-order chi connectivity index (χ0) is 13.0. The molecule has 1 aromatic carbocycles. The van der Waals surface area contributed by atoms with Gasteiger partial charge in [0, 0.05) is 17.2 Å². The molecule has 0 bridgehead atoms. The number of pyridine rings is 1. The highest BCUT2D eigenvalue weighted by molar-refractivity contribution is 9.10. The summed E-state index contributed by atoms with van der Waals surface area (Å²) in [5.41, 5.74) is 1.95. The van der Waals surface area contributed by atoms with E-state index in [1.165, 1.54) is 12.1 Å². The molecular weight excluding hydrogens is 297 g/mol. The first-order valence-corrected chi connectivity index (χ1v) is 6.02. The summed E-state index contributed by atoms with van der Waals surface area (Å²) < 4.78 is 13.9. The molecule has 0 aliphatic rings. The van der Waals surface area contributed by atoms with Crippen molar-refractivity contribution in [2.45, 2.75) is 6.54 Å². The van der Waals surface area contributed by atoms with Crippen molar-refractivity contribution in [1.82, 2.24) is 4.98 Å². The third kappa shape index (κ3) is 3.05. The van der Waals surface area contributed by atoms with Gasteiger partial charge in [0.15, 0.2) is 0 Å². The molecular formula is C13H9BrFN3. The Balaban J connectivity index is 2.11. The molecule has 1 aromatic heterocycles. The lowest BCUT2D eigenvalue weighted by atomic mass is 10.2. The zero-order valence-corrected chi connectivity index (χ0v) is 10.9. The molecule has 0 fully saturated rings. The molecule has 0 saturated carbocycles. The molecule has 0 aliphatic heterocycles. The normalized spacial score (nSPS) is 9.83. The summed E-state index contributed by atoms with van der Waals surface area (Å²) in [5.74, 6) is -0.298. The fourth-order valence-corrected chi connectivity index (χ4v) is 1.86. The van der Waals surface area contributed by atoms with Crippen LogP contribution in [0.1, 0.15) is 11.3 Å². The third-order valence-corrected chi connectivity index (χ3v) is 3.04. The van der Waals surface area contributed by atoms with Crippen LogP contribution in [0, 0.1) is 17.1 Å². The highest BCUT2D eigenvalue weighted by Gasteiger charge is 2.02. The largest absolute Gasteiger partial charge is 0.380 e. The topological polar surface area (TPSA) is 48.7 Å². The average Bonchev–Trinajstić information content (AvgIpc) is 2.40. The number of hydrogen-bond acceptors (Lipinski definition) is 3. The molecule has 0 amide bonds. The molecule has 1 N–H and O–H groups in total. The molecule has 18 heavy (non-hydrogen) atoms. The van der Waals surface area contributed by atoms with E-state index in [1.54, 1.807) is 24.4 Å². The predicted molar refractivity (Wildman–Crippen MR) is 70.4 cm³/mol. The first-order chi connectivity index (χ1) is 8.69. The Kier molecular flexibility index (Phi) is 3.90. The van der Waals surface area contributed by atoms with E-state index in [9.17, 15) is 4.39 Å². The van der Waals surface area contributed by atoms with Crippen LogP contribution >= 0.6 is 15.9 Å². The lowest BCUT2D eigenvalue weighted by Gasteiger charge is -2.08. The minimum absolute atomic E-state index is 0.298. The van der Waals surface area contributed by atoms with Crippen LogP contribution in [0.4, 0.5) is 10.1 Å². The molecule has 1 heterocycles. The fraction of sp³-hybridized carbons (Fsp3) is 0.0769. The van der Waals surface area contributed by atoms with Crippen molar-refractivity contribution in [3.8, 4) is 6.07 Å². The summed E-state index contributed by atoms with van der Waals surface area (Å²) >= 11 is 3.34. The minimum atomic E-state index is -0.298. The lowest BCUT2D eigenvalue weighted by molar-refractivity contribution is 0.628. The maximum Gasteiger partial charge on any atom is 0.140 e. The van der Waals surface area contributed by atoms with Crippen molar-refractivity contribution >= 4 is 21.6 Å². The zero-order valence-electron chi connectivity index (χ0n) is 9.32. The van der Waals surface area contributed by atoms with Crippen LogP contribution in [-0.2, 0) is 6.54 Å². The average molecular weight is 306 g/mol. The Morgan fingerprint density at radius 2 is 2.17 bits per heavy atom. The number of rotatable bonds is 3. The Bertz CT molecular complexity index is 607. The number of nitrogens with zero attached hydrogens (tertiary/aromatic N) is 2. The van der Waals surface area contributed by atoms with Gasteiger partial charge in [-0.2, -0.15) is 5.26 Å². The van der Waals surface area contributed by atoms with E-state index in [1.807, 2.05) is 6.07 Å². The number of anilines is 1. The van der Waals surface area contributed by atoms with Gasteiger partial charge in [-0.15, -0.1) is 0 Å². The molecule has 90 valence electrons. The summed E-state index contributed by atoms with van der Waals surface area (Å²) in [4.78, 5) is 3.89. The molecule has 0 spiro atoms. The Morgan fingerprint density at radius 1 is 1.33 bits per heavy atom. The van der Waals surface area contributed by atoms with Gasteiger partial charge in [-0.3, -0.25) is 0 Å². The van der Waals surface area contributed by atoms with Crippen molar-refractivity contribution in [2.75, 3.05) is 5.32 Å². The quantitative estimate of drug-likeness (QED) is 0.944. The SMILES string of the molecule is N#Cc1cc(CNc2cc(F)ccc2Br)ccn1. The van der Waals surface area contributed by atoms with Gasteiger partial charge in [0.2, 0.25) is 0 Å². The number of hydrogen-bond donors (Lipinski definition) is 1. The second kappa shape index (κ2) is 5.61. The Morgan fingerprint density at radius 3 is 2.94 bits per heavy atom. The van der Waals surface area contributed by atoms with Gasteiger partial charge in [0.05, 0.1) is 5.69 Å². The van der Waals surface area contributed by atoms with Crippen molar-refractivity contribution in [1.29, 1.82) is 5.26 Å². The number of nitrogens with one attached hydrogen (secondary N) is 1. The fourth-order valence-electron chi connectivity index (χ4n) is 1.48. The van der Waals surface area contributed by atoms with Crippen LogP contribution in [0.5, 0.6) is 0 Å². The van der Waals surface area contributed by atoms with Gasteiger partial charge >= 0.3 is 0 Å². The number of benzene rings is 1. The molecule has 5 heteroatoms. The molecule has 3 nitrogen and oxygen atoms in total. The number of nitriles is 1. The van der Waals surface area contributed by atoms with E-state index in [0.29, 0.717) is 17.9 Å². The maximum absolute atomic E-state index is 13.1. The number of halogens is 2.